The first-order valence-corrected chi connectivity index (χ1v) is 9.62. The number of hydrogen-bond acceptors (Lipinski definition) is 5. The number of carbonyl (C=O) groups is 3. The molecule has 0 spiro atoms. The molecule has 2 heterocycles. The fourth-order valence-corrected chi connectivity index (χ4v) is 3.33. The van der Waals surface area contributed by atoms with E-state index in [1.165, 1.54) is 0 Å². The Balaban J connectivity index is 1.53. The molecule has 1 aromatic carbocycles. The largest absolute Gasteiger partial charge is 0.493 e. The quantitative estimate of drug-likeness (QED) is 0.601. The normalized spacial score (nSPS) is 15.8. The molecule has 3 rings (SSSR count). The highest BCUT2D eigenvalue weighted by atomic mass is 16.5. The van der Waals surface area contributed by atoms with E-state index in [0.29, 0.717) is 24.5 Å². The number of urea groups is 1. The third-order valence-corrected chi connectivity index (χ3v) is 5.09. The SMILES string of the molecule is COc1ccc(CCN2C(=O)N[C@H](CC(=O)NCc3cccn3C)C2=O)cc1OC. The number of rotatable bonds is 9. The topological polar surface area (TPSA) is 102 Å². The number of carbonyl (C=O) groups excluding carboxylic acids is 3. The molecule has 0 aliphatic carbocycles. The van der Waals surface area contributed by atoms with Gasteiger partial charge in [-0.15, -0.1) is 0 Å². The van der Waals surface area contributed by atoms with Crippen molar-refractivity contribution in [1.82, 2.24) is 20.1 Å². The molecule has 1 atom stereocenters. The first-order chi connectivity index (χ1) is 14.4. The lowest BCUT2D eigenvalue weighted by molar-refractivity contribution is -0.130. The number of ether oxygens (including phenoxy) is 2. The minimum atomic E-state index is -0.851. The Morgan fingerprint density at radius 1 is 1.17 bits per heavy atom. The number of nitrogens with zero attached hydrogens (tertiary/aromatic N) is 2. The van der Waals surface area contributed by atoms with Gasteiger partial charge in [0.25, 0.3) is 5.91 Å². The van der Waals surface area contributed by atoms with Crippen molar-refractivity contribution in [3.63, 3.8) is 0 Å². The van der Waals surface area contributed by atoms with Gasteiger partial charge in [-0.2, -0.15) is 0 Å². The zero-order valence-electron chi connectivity index (χ0n) is 17.3. The van der Waals surface area contributed by atoms with E-state index in [-0.39, 0.29) is 18.9 Å². The Bertz CT molecular complexity index is 939. The van der Waals surface area contributed by atoms with Crippen LogP contribution in [0, 0.1) is 0 Å². The van der Waals surface area contributed by atoms with Crippen LogP contribution >= 0.6 is 0 Å². The summed E-state index contributed by atoms with van der Waals surface area (Å²) in [7, 11) is 4.99. The molecule has 9 heteroatoms. The van der Waals surface area contributed by atoms with Crippen LogP contribution in [0.2, 0.25) is 0 Å². The molecule has 0 unspecified atom stereocenters. The average molecular weight is 414 g/mol. The highest BCUT2D eigenvalue weighted by Gasteiger charge is 2.38. The second-order valence-electron chi connectivity index (χ2n) is 7.02. The Hall–Kier alpha value is -3.49. The van der Waals surface area contributed by atoms with Crippen LogP contribution in [0.5, 0.6) is 11.5 Å². The zero-order valence-corrected chi connectivity index (χ0v) is 17.3. The van der Waals surface area contributed by atoms with Gasteiger partial charge in [-0.1, -0.05) is 6.07 Å². The molecule has 1 aromatic heterocycles. The van der Waals surface area contributed by atoms with E-state index in [1.807, 2.05) is 42.1 Å². The number of aryl methyl sites for hydroxylation is 1. The lowest BCUT2D eigenvalue weighted by Crippen LogP contribution is -2.36. The number of imide groups is 1. The van der Waals surface area contributed by atoms with Gasteiger partial charge in [0.2, 0.25) is 5.91 Å². The van der Waals surface area contributed by atoms with Crippen LogP contribution < -0.4 is 20.1 Å². The van der Waals surface area contributed by atoms with E-state index < -0.39 is 18.0 Å². The van der Waals surface area contributed by atoms with E-state index in [0.717, 1.165) is 16.2 Å². The minimum Gasteiger partial charge on any atom is -0.493 e. The molecule has 4 amide bonds. The zero-order chi connectivity index (χ0) is 21.7. The molecule has 0 radical (unpaired) electrons. The van der Waals surface area contributed by atoms with Crippen LogP contribution in [0.4, 0.5) is 4.79 Å². The highest BCUT2D eigenvalue weighted by molar-refractivity contribution is 6.05. The summed E-state index contributed by atoms with van der Waals surface area (Å²) in [6.07, 6.45) is 2.26. The Labute approximate surface area is 174 Å². The van der Waals surface area contributed by atoms with Crippen molar-refractivity contribution < 1.29 is 23.9 Å². The molecule has 2 N–H and O–H groups in total. The summed E-state index contributed by atoms with van der Waals surface area (Å²) >= 11 is 0. The van der Waals surface area contributed by atoms with Gasteiger partial charge < -0.3 is 24.7 Å². The van der Waals surface area contributed by atoms with Crippen LogP contribution in [0.3, 0.4) is 0 Å². The molecule has 1 aliphatic heterocycles. The molecule has 1 fully saturated rings. The highest BCUT2D eigenvalue weighted by Crippen LogP contribution is 2.27. The maximum atomic E-state index is 12.6. The fraction of sp³-hybridized carbons (Fsp3) is 0.381. The summed E-state index contributed by atoms with van der Waals surface area (Å²) in [5.41, 5.74) is 1.85. The van der Waals surface area contributed by atoms with E-state index >= 15 is 0 Å². The summed E-state index contributed by atoms with van der Waals surface area (Å²) in [6, 6.07) is 7.90. The van der Waals surface area contributed by atoms with E-state index in [9.17, 15) is 14.4 Å². The van der Waals surface area contributed by atoms with Gasteiger partial charge in [0.15, 0.2) is 11.5 Å². The van der Waals surface area contributed by atoms with Gasteiger partial charge in [0.05, 0.1) is 27.2 Å². The maximum absolute atomic E-state index is 12.6. The molecule has 1 saturated heterocycles. The molecule has 9 nitrogen and oxygen atoms in total. The molecule has 0 bridgehead atoms. The minimum absolute atomic E-state index is 0.0954. The van der Waals surface area contributed by atoms with Crippen LogP contribution in [0.15, 0.2) is 36.5 Å². The van der Waals surface area contributed by atoms with Gasteiger partial charge in [-0.3, -0.25) is 14.5 Å². The van der Waals surface area contributed by atoms with Gasteiger partial charge in [0.1, 0.15) is 6.04 Å². The average Bonchev–Trinajstić information content (AvgIpc) is 3.26. The van der Waals surface area contributed by atoms with Crippen LogP contribution in [-0.4, -0.2) is 54.1 Å². The summed E-state index contributed by atoms with van der Waals surface area (Å²) in [4.78, 5) is 38.2. The van der Waals surface area contributed by atoms with E-state index in [2.05, 4.69) is 10.6 Å². The molecular formula is C21H26N4O5. The number of aromatic nitrogens is 1. The molecule has 1 aliphatic rings. The maximum Gasteiger partial charge on any atom is 0.324 e. The first-order valence-electron chi connectivity index (χ1n) is 9.62. The predicted octanol–water partition coefficient (Wildman–Crippen LogP) is 1.21. The molecule has 2 aromatic rings. The third-order valence-electron chi connectivity index (χ3n) is 5.09. The Kier molecular flexibility index (Phi) is 6.61. The van der Waals surface area contributed by atoms with Crippen molar-refractivity contribution in [3.8, 4) is 11.5 Å². The fourth-order valence-electron chi connectivity index (χ4n) is 3.33. The van der Waals surface area contributed by atoms with Crippen LogP contribution in [-0.2, 0) is 29.6 Å². The summed E-state index contributed by atoms with van der Waals surface area (Å²) < 4.78 is 12.4. The van der Waals surface area contributed by atoms with Gasteiger partial charge >= 0.3 is 6.03 Å². The number of methoxy groups -OCH3 is 2. The van der Waals surface area contributed by atoms with Crippen molar-refractivity contribution in [2.75, 3.05) is 20.8 Å². The molecule has 30 heavy (non-hydrogen) atoms. The van der Waals surface area contributed by atoms with Crippen molar-refractivity contribution in [2.24, 2.45) is 7.05 Å². The number of benzene rings is 1. The molecule has 160 valence electrons. The first kappa shape index (κ1) is 21.2. The predicted molar refractivity (Wildman–Crippen MR) is 109 cm³/mol. The summed E-state index contributed by atoms with van der Waals surface area (Å²) in [5, 5.41) is 5.37. The lowest BCUT2D eigenvalue weighted by atomic mass is 10.1. The lowest BCUT2D eigenvalue weighted by Gasteiger charge is -2.14. The smallest absolute Gasteiger partial charge is 0.324 e. The van der Waals surface area contributed by atoms with Gasteiger partial charge in [-0.05, 0) is 36.2 Å². The Morgan fingerprint density at radius 2 is 1.93 bits per heavy atom. The van der Waals surface area contributed by atoms with Crippen molar-refractivity contribution in [1.29, 1.82) is 0 Å². The van der Waals surface area contributed by atoms with Crippen molar-refractivity contribution >= 4 is 17.8 Å². The number of nitrogens with one attached hydrogen (secondary N) is 2. The summed E-state index contributed by atoms with van der Waals surface area (Å²) in [5.74, 6) is 0.503. The van der Waals surface area contributed by atoms with Gasteiger partial charge in [-0.25, -0.2) is 4.79 Å². The van der Waals surface area contributed by atoms with Crippen LogP contribution in [0.25, 0.3) is 0 Å². The summed E-state index contributed by atoms with van der Waals surface area (Å²) in [6.45, 7) is 0.571. The number of amides is 4. The van der Waals surface area contributed by atoms with E-state index in [4.69, 9.17) is 9.47 Å². The molecule has 0 saturated carbocycles. The number of hydrogen-bond donors (Lipinski definition) is 2. The monoisotopic (exact) mass is 414 g/mol. The standard InChI is InChI=1S/C21H26N4O5/c1-24-9-4-5-15(24)13-22-19(26)12-16-20(27)25(21(28)23-16)10-8-14-6-7-17(29-2)18(11-14)30-3/h4-7,9,11,16H,8,10,12-13H2,1-3H3,(H,22,26)(H,23,28)/t16-/m1/s1. The van der Waals surface area contributed by atoms with Gasteiger partial charge in [0, 0.05) is 25.5 Å². The van der Waals surface area contributed by atoms with Crippen molar-refractivity contribution in [2.45, 2.75) is 25.4 Å². The third kappa shape index (κ3) is 4.73. The Morgan fingerprint density at radius 3 is 2.60 bits per heavy atom. The second-order valence-corrected chi connectivity index (χ2v) is 7.02. The molecular weight excluding hydrogens is 388 g/mol. The second kappa shape index (κ2) is 9.34. The van der Waals surface area contributed by atoms with E-state index in [1.54, 1.807) is 20.3 Å². The van der Waals surface area contributed by atoms with Crippen molar-refractivity contribution in [3.05, 3.63) is 47.8 Å². The van der Waals surface area contributed by atoms with Crippen LogP contribution in [0.1, 0.15) is 17.7 Å².